The van der Waals surface area contributed by atoms with Gasteiger partial charge in [-0.25, -0.2) is 0 Å². The Hall–Kier alpha value is -0.483. The van der Waals surface area contributed by atoms with E-state index in [1.54, 1.807) is 0 Å². The summed E-state index contributed by atoms with van der Waals surface area (Å²) in [6.45, 7) is 6.88. The third kappa shape index (κ3) is 7.52. The zero-order chi connectivity index (χ0) is 7.33. The summed E-state index contributed by atoms with van der Waals surface area (Å²) in [6, 6.07) is 0. The maximum absolute atomic E-state index is 5.07. The molecule has 0 aliphatic heterocycles. The summed E-state index contributed by atoms with van der Waals surface area (Å²) in [7, 11) is -0.971. The minimum absolute atomic E-state index is 0.782. The molecular formula is C8H14Si. The van der Waals surface area contributed by atoms with Crippen molar-refractivity contribution in [3.05, 3.63) is 11.8 Å². The number of hydrogen-bond acceptors (Lipinski definition) is 0. The highest BCUT2D eigenvalue weighted by molar-refractivity contribution is 6.80. The summed E-state index contributed by atoms with van der Waals surface area (Å²) in [4.78, 5) is 0. The van der Waals surface area contributed by atoms with Crippen LogP contribution in [0.25, 0.3) is 0 Å². The molecule has 0 nitrogen and oxygen atoms in total. The van der Waals surface area contributed by atoms with Crippen LogP contribution in [-0.2, 0) is 0 Å². The van der Waals surface area contributed by atoms with Gasteiger partial charge in [0.1, 0.15) is 0 Å². The summed E-state index contributed by atoms with van der Waals surface area (Å²) in [6.07, 6.45) is 7.94. The summed E-state index contributed by atoms with van der Waals surface area (Å²) < 4.78 is 0. The van der Waals surface area contributed by atoms with Crippen LogP contribution in [0.2, 0.25) is 19.6 Å². The molecular weight excluding hydrogens is 124 g/mol. The summed E-state index contributed by atoms with van der Waals surface area (Å²) in [5.41, 5.74) is 2.27. The molecule has 0 amide bonds. The zero-order valence-electron chi connectivity index (χ0n) is 6.44. The van der Waals surface area contributed by atoms with Gasteiger partial charge in [-0.05, 0) is 0 Å². The van der Waals surface area contributed by atoms with Crippen LogP contribution in [0.15, 0.2) is 11.8 Å². The van der Waals surface area contributed by atoms with E-state index in [0.29, 0.717) is 0 Å². The molecule has 0 atom stereocenters. The minimum Gasteiger partial charge on any atom is -0.120 e. The molecule has 0 aromatic heterocycles. The van der Waals surface area contributed by atoms with Gasteiger partial charge in [0.25, 0.3) is 0 Å². The van der Waals surface area contributed by atoms with Crippen LogP contribution in [0, 0.1) is 12.3 Å². The molecule has 0 rings (SSSR count). The molecule has 0 aromatic rings. The molecule has 0 aliphatic rings. The molecule has 0 saturated heterocycles. The standard InChI is InChI=1S/C8H14Si/c1-5-6-7-8-9(2,3)4/h1,7-8H,6H2,2-4H3/b8-7+. The predicted octanol–water partition coefficient (Wildman–Crippen LogP) is 2.44. The monoisotopic (exact) mass is 138 g/mol. The molecule has 0 aliphatic carbocycles. The van der Waals surface area contributed by atoms with Gasteiger partial charge in [-0.1, -0.05) is 31.4 Å². The highest BCUT2D eigenvalue weighted by Crippen LogP contribution is 2.01. The number of allylic oxidation sites excluding steroid dienone is 1. The van der Waals surface area contributed by atoms with Crippen LogP contribution in [-0.4, -0.2) is 8.07 Å². The van der Waals surface area contributed by atoms with Crippen LogP contribution >= 0.6 is 0 Å². The van der Waals surface area contributed by atoms with Crippen LogP contribution in [0.1, 0.15) is 6.42 Å². The lowest BCUT2D eigenvalue weighted by Gasteiger charge is -2.06. The second-order valence-corrected chi connectivity index (χ2v) is 8.24. The van der Waals surface area contributed by atoms with Crippen molar-refractivity contribution in [1.29, 1.82) is 0 Å². The van der Waals surface area contributed by atoms with Gasteiger partial charge in [0.15, 0.2) is 0 Å². The normalized spacial score (nSPS) is 11.8. The van der Waals surface area contributed by atoms with Crippen molar-refractivity contribution in [2.24, 2.45) is 0 Å². The Kier molecular flexibility index (Phi) is 3.34. The van der Waals surface area contributed by atoms with Crippen LogP contribution < -0.4 is 0 Å². The highest BCUT2D eigenvalue weighted by atomic mass is 28.3. The first-order valence-electron chi connectivity index (χ1n) is 3.17. The van der Waals surface area contributed by atoms with Gasteiger partial charge in [-0.15, -0.1) is 12.3 Å². The number of hydrogen-bond donors (Lipinski definition) is 0. The SMILES string of the molecule is C#CC/C=C/[Si](C)(C)C. The molecule has 0 saturated carbocycles. The van der Waals surface area contributed by atoms with E-state index < -0.39 is 8.07 Å². The molecule has 1 heteroatoms. The molecule has 0 radical (unpaired) electrons. The largest absolute Gasteiger partial charge is 0.120 e. The third-order valence-corrected chi connectivity index (χ3v) is 2.09. The van der Waals surface area contributed by atoms with Crippen molar-refractivity contribution in [2.45, 2.75) is 26.1 Å². The Bertz CT molecular complexity index is 132. The number of rotatable bonds is 2. The Balaban J connectivity index is 3.61. The van der Waals surface area contributed by atoms with Crippen molar-refractivity contribution in [3.8, 4) is 12.3 Å². The zero-order valence-corrected chi connectivity index (χ0v) is 7.44. The average Bonchev–Trinajstić information content (AvgIpc) is 1.63. The fourth-order valence-corrected chi connectivity index (χ4v) is 1.31. The van der Waals surface area contributed by atoms with Crippen molar-refractivity contribution < 1.29 is 0 Å². The van der Waals surface area contributed by atoms with E-state index in [9.17, 15) is 0 Å². The summed E-state index contributed by atoms with van der Waals surface area (Å²) in [5.74, 6) is 2.58. The predicted molar refractivity (Wildman–Crippen MR) is 45.9 cm³/mol. The summed E-state index contributed by atoms with van der Waals surface area (Å²) >= 11 is 0. The molecule has 0 unspecified atom stereocenters. The fraction of sp³-hybridized carbons (Fsp3) is 0.500. The lowest BCUT2D eigenvalue weighted by molar-refractivity contribution is 1.48. The number of terminal acetylenes is 1. The molecule has 50 valence electrons. The Labute approximate surface area is 59.0 Å². The first-order valence-corrected chi connectivity index (χ1v) is 6.75. The van der Waals surface area contributed by atoms with Gasteiger partial charge < -0.3 is 0 Å². The van der Waals surface area contributed by atoms with Gasteiger partial charge in [0.2, 0.25) is 0 Å². The van der Waals surface area contributed by atoms with Gasteiger partial charge in [0.05, 0.1) is 8.07 Å². The third-order valence-electron chi connectivity index (χ3n) is 0.854. The van der Waals surface area contributed by atoms with Crippen LogP contribution in [0.3, 0.4) is 0 Å². The smallest absolute Gasteiger partial charge is 0.0683 e. The van der Waals surface area contributed by atoms with Crippen molar-refractivity contribution in [2.75, 3.05) is 0 Å². The Morgan fingerprint density at radius 3 is 2.33 bits per heavy atom. The van der Waals surface area contributed by atoms with Crippen molar-refractivity contribution in [3.63, 3.8) is 0 Å². The molecule has 0 N–H and O–H groups in total. The first kappa shape index (κ1) is 8.52. The molecule has 0 fully saturated rings. The lowest BCUT2D eigenvalue weighted by atomic mass is 10.5. The van der Waals surface area contributed by atoms with Crippen LogP contribution in [0.4, 0.5) is 0 Å². The van der Waals surface area contributed by atoms with E-state index in [0.717, 1.165) is 6.42 Å². The van der Waals surface area contributed by atoms with Gasteiger partial charge in [-0.2, -0.15) is 0 Å². The molecule has 0 aromatic carbocycles. The maximum atomic E-state index is 5.07. The van der Waals surface area contributed by atoms with Gasteiger partial charge in [0, 0.05) is 6.42 Å². The Morgan fingerprint density at radius 1 is 1.44 bits per heavy atom. The van der Waals surface area contributed by atoms with Crippen molar-refractivity contribution >= 4 is 8.07 Å². The quantitative estimate of drug-likeness (QED) is 0.406. The first-order chi connectivity index (χ1) is 4.06. The van der Waals surface area contributed by atoms with E-state index >= 15 is 0 Å². The minimum atomic E-state index is -0.971. The molecule has 9 heavy (non-hydrogen) atoms. The van der Waals surface area contributed by atoms with Crippen molar-refractivity contribution in [1.82, 2.24) is 0 Å². The molecule has 0 bridgehead atoms. The second kappa shape index (κ2) is 3.52. The molecule has 0 heterocycles. The maximum Gasteiger partial charge on any atom is 0.0683 e. The topological polar surface area (TPSA) is 0 Å². The molecule has 0 spiro atoms. The van der Waals surface area contributed by atoms with E-state index in [-0.39, 0.29) is 0 Å². The second-order valence-electron chi connectivity index (χ2n) is 3.18. The van der Waals surface area contributed by atoms with E-state index in [2.05, 4.69) is 37.3 Å². The fourth-order valence-electron chi connectivity index (χ4n) is 0.481. The van der Waals surface area contributed by atoms with Gasteiger partial charge in [-0.3, -0.25) is 0 Å². The van der Waals surface area contributed by atoms with E-state index in [1.807, 2.05) is 0 Å². The Morgan fingerprint density at radius 2 is 2.00 bits per heavy atom. The average molecular weight is 138 g/mol. The van der Waals surface area contributed by atoms with E-state index in [1.165, 1.54) is 0 Å². The van der Waals surface area contributed by atoms with Gasteiger partial charge >= 0.3 is 0 Å². The van der Waals surface area contributed by atoms with E-state index in [4.69, 9.17) is 6.42 Å². The highest BCUT2D eigenvalue weighted by Gasteiger charge is 2.05. The van der Waals surface area contributed by atoms with Crippen LogP contribution in [0.5, 0.6) is 0 Å². The summed E-state index contributed by atoms with van der Waals surface area (Å²) in [5, 5.41) is 0. The lowest BCUT2D eigenvalue weighted by Crippen LogP contribution is -2.15.